The first kappa shape index (κ1) is 14.4. The molecule has 1 aliphatic rings. The van der Waals surface area contributed by atoms with E-state index in [9.17, 15) is 4.79 Å². The molecule has 0 spiro atoms. The van der Waals surface area contributed by atoms with Gasteiger partial charge in [0.15, 0.2) is 0 Å². The van der Waals surface area contributed by atoms with E-state index < -0.39 is 0 Å². The monoisotopic (exact) mass is 277 g/mol. The van der Waals surface area contributed by atoms with Crippen LogP contribution in [0.5, 0.6) is 0 Å². The first-order valence-electron chi connectivity index (χ1n) is 7.06. The molecule has 1 amide bonds. The lowest BCUT2D eigenvalue weighted by Gasteiger charge is -2.24. The number of rotatable bonds is 6. The molecule has 0 unspecified atom stereocenters. The molecular formula is C16H23NOS. The Kier molecular flexibility index (Phi) is 4.92. The van der Waals surface area contributed by atoms with Gasteiger partial charge in [0, 0.05) is 17.5 Å². The number of hydrogen-bond donors (Lipinski definition) is 0. The normalized spacial score (nSPS) is 14.7. The first-order chi connectivity index (χ1) is 9.08. The molecule has 1 aromatic carbocycles. The van der Waals surface area contributed by atoms with Crippen LogP contribution in [0, 0.1) is 12.8 Å². The fraction of sp³-hybridized carbons (Fsp3) is 0.562. The Labute approximate surface area is 120 Å². The van der Waals surface area contributed by atoms with Crippen LogP contribution in [0.2, 0.25) is 0 Å². The van der Waals surface area contributed by atoms with Crippen LogP contribution in [0.15, 0.2) is 29.2 Å². The maximum atomic E-state index is 12.3. The van der Waals surface area contributed by atoms with E-state index in [4.69, 9.17) is 0 Å². The third-order valence-electron chi connectivity index (χ3n) is 3.31. The van der Waals surface area contributed by atoms with E-state index >= 15 is 0 Å². The van der Waals surface area contributed by atoms with Crippen LogP contribution in [-0.4, -0.2) is 29.1 Å². The van der Waals surface area contributed by atoms with Crippen molar-refractivity contribution in [2.45, 2.75) is 44.6 Å². The lowest BCUT2D eigenvalue weighted by atomic mass is 10.2. The second-order valence-electron chi connectivity index (χ2n) is 5.73. The van der Waals surface area contributed by atoms with Crippen LogP contribution >= 0.6 is 11.8 Å². The van der Waals surface area contributed by atoms with Gasteiger partial charge in [-0.25, -0.2) is 0 Å². The topological polar surface area (TPSA) is 20.3 Å². The third-order valence-corrected chi connectivity index (χ3v) is 4.47. The minimum Gasteiger partial charge on any atom is -0.339 e. The molecule has 104 valence electrons. The van der Waals surface area contributed by atoms with Crippen molar-refractivity contribution < 1.29 is 4.79 Å². The standard InChI is InChI=1S/C16H23NOS/c1-12(2)10-17(14-8-9-14)16(18)11-19-15-7-5-4-6-13(15)3/h4-7,12,14H,8-11H2,1-3H3. The van der Waals surface area contributed by atoms with Crippen molar-refractivity contribution in [3.05, 3.63) is 29.8 Å². The van der Waals surface area contributed by atoms with E-state index in [-0.39, 0.29) is 0 Å². The van der Waals surface area contributed by atoms with E-state index in [2.05, 4.69) is 37.8 Å². The summed E-state index contributed by atoms with van der Waals surface area (Å²) in [6.07, 6.45) is 2.38. The third kappa shape index (κ3) is 4.27. The van der Waals surface area contributed by atoms with Gasteiger partial charge in [-0.3, -0.25) is 4.79 Å². The minimum atomic E-state index is 0.296. The van der Waals surface area contributed by atoms with Gasteiger partial charge in [-0.1, -0.05) is 32.0 Å². The fourth-order valence-corrected chi connectivity index (χ4v) is 3.09. The van der Waals surface area contributed by atoms with Gasteiger partial charge in [-0.05, 0) is 37.3 Å². The van der Waals surface area contributed by atoms with Crippen LogP contribution in [0.4, 0.5) is 0 Å². The van der Waals surface area contributed by atoms with Gasteiger partial charge in [-0.15, -0.1) is 11.8 Å². The number of carbonyl (C=O) groups excluding carboxylic acids is 1. The first-order valence-corrected chi connectivity index (χ1v) is 8.04. The molecule has 2 nitrogen and oxygen atoms in total. The van der Waals surface area contributed by atoms with Crippen molar-refractivity contribution in [2.24, 2.45) is 5.92 Å². The summed E-state index contributed by atoms with van der Waals surface area (Å²) in [6.45, 7) is 7.35. The second-order valence-corrected chi connectivity index (χ2v) is 6.74. The predicted molar refractivity (Wildman–Crippen MR) is 81.5 cm³/mol. The zero-order chi connectivity index (χ0) is 13.8. The highest BCUT2D eigenvalue weighted by Crippen LogP contribution is 2.29. The van der Waals surface area contributed by atoms with Crippen molar-refractivity contribution in [2.75, 3.05) is 12.3 Å². The number of amides is 1. The van der Waals surface area contributed by atoms with E-state index in [0.717, 1.165) is 6.54 Å². The Bertz CT molecular complexity index is 440. The molecule has 2 rings (SSSR count). The number of hydrogen-bond acceptors (Lipinski definition) is 2. The Morgan fingerprint density at radius 3 is 2.63 bits per heavy atom. The van der Waals surface area contributed by atoms with Crippen LogP contribution in [-0.2, 0) is 4.79 Å². The van der Waals surface area contributed by atoms with Gasteiger partial charge in [0.2, 0.25) is 5.91 Å². The molecule has 19 heavy (non-hydrogen) atoms. The van der Waals surface area contributed by atoms with Crippen molar-refractivity contribution in [1.82, 2.24) is 4.90 Å². The maximum absolute atomic E-state index is 12.3. The molecule has 3 heteroatoms. The highest BCUT2D eigenvalue weighted by molar-refractivity contribution is 8.00. The predicted octanol–water partition coefficient (Wildman–Crippen LogP) is 3.73. The summed E-state index contributed by atoms with van der Waals surface area (Å²) in [4.78, 5) is 15.7. The summed E-state index contributed by atoms with van der Waals surface area (Å²) < 4.78 is 0. The van der Waals surface area contributed by atoms with Gasteiger partial charge < -0.3 is 4.90 Å². The number of carbonyl (C=O) groups is 1. The summed E-state index contributed by atoms with van der Waals surface area (Å²) in [5.74, 6) is 1.41. The lowest BCUT2D eigenvalue weighted by Crippen LogP contribution is -2.37. The molecule has 0 bridgehead atoms. The van der Waals surface area contributed by atoms with Crippen LogP contribution in [0.25, 0.3) is 0 Å². The molecule has 0 atom stereocenters. The van der Waals surface area contributed by atoms with E-state index in [1.54, 1.807) is 11.8 Å². The van der Waals surface area contributed by atoms with Gasteiger partial charge >= 0.3 is 0 Å². The Hall–Kier alpha value is -0.960. The molecule has 0 heterocycles. The molecule has 1 aromatic rings. The van der Waals surface area contributed by atoms with E-state index in [1.807, 2.05) is 12.1 Å². The molecule has 0 aromatic heterocycles. The van der Waals surface area contributed by atoms with Crippen LogP contribution in [0.1, 0.15) is 32.3 Å². The Morgan fingerprint density at radius 2 is 2.05 bits per heavy atom. The molecule has 1 fully saturated rings. The van der Waals surface area contributed by atoms with Gasteiger partial charge in [-0.2, -0.15) is 0 Å². The number of aryl methyl sites for hydroxylation is 1. The van der Waals surface area contributed by atoms with Gasteiger partial charge in [0.05, 0.1) is 5.75 Å². The number of benzene rings is 1. The second kappa shape index (κ2) is 6.47. The minimum absolute atomic E-state index is 0.296. The number of thioether (sulfide) groups is 1. The average molecular weight is 277 g/mol. The van der Waals surface area contributed by atoms with E-state index in [1.165, 1.54) is 23.3 Å². The molecule has 0 radical (unpaired) electrons. The molecular weight excluding hydrogens is 254 g/mol. The van der Waals surface area contributed by atoms with Crippen molar-refractivity contribution in [1.29, 1.82) is 0 Å². The highest BCUT2D eigenvalue weighted by Gasteiger charge is 2.32. The highest BCUT2D eigenvalue weighted by atomic mass is 32.2. The Balaban J connectivity index is 1.90. The molecule has 1 aliphatic carbocycles. The maximum Gasteiger partial charge on any atom is 0.233 e. The Morgan fingerprint density at radius 1 is 1.37 bits per heavy atom. The summed E-state index contributed by atoms with van der Waals surface area (Å²) >= 11 is 1.66. The number of nitrogens with zero attached hydrogens (tertiary/aromatic N) is 1. The smallest absolute Gasteiger partial charge is 0.233 e. The molecule has 0 aliphatic heterocycles. The average Bonchev–Trinajstić information content (AvgIpc) is 3.18. The van der Waals surface area contributed by atoms with Crippen molar-refractivity contribution >= 4 is 17.7 Å². The SMILES string of the molecule is Cc1ccccc1SCC(=O)N(CC(C)C)C1CC1. The quantitative estimate of drug-likeness (QED) is 0.738. The van der Waals surface area contributed by atoms with E-state index in [0.29, 0.717) is 23.6 Å². The lowest BCUT2D eigenvalue weighted by molar-refractivity contribution is -0.129. The zero-order valence-corrected chi connectivity index (χ0v) is 12.9. The van der Waals surface area contributed by atoms with Gasteiger partial charge in [0.25, 0.3) is 0 Å². The summed E-state index contributed by atoms with van der Waals surface area (Å²) in [6, 6.07) is 8.78. The zero-order valence-electron chi connectivity index (χ0n) is 12.1. The van der Waals surface area contributed by atoms with Crippen LogP contribution in [0.3, 0.4) is 0 Å². The molecule has 0 N–H and O–H groups in total. The summed E-state index contributed by atoms with van der Waals surface area (Å²) in [5.41, 5.74) is 1.25. The summed E-state index contributed by atoms with van der Waals surface area (Å²) in [5, 5.41) is 0. The molecule has 1 saturated carbocycles. The van der Waals surface area contributed by atoms with Gasteiger partial charge in [0.1, 0.15) is 0 Å². The molecule has 0 saturated heterocycles. The van der Waals surface area contributed by atoms with Crippen LogP contribution < -0.4 is 0 Å². The fourth-order valence-electron chi connectivity index (χ4n) is 2.17. The largest absolute Gasteiger partial charge is 0.339 e. The van der Waals surface area contributed by atoms with Crippen molar-refractivity contribution in [3.8, 4) is 0 Å². The summed E-state index contributed by atoms with van der Waals surface area (Å²) in [7, 11) is 0. The van der Waals surface area contributed by atoms with Crippen molar-refractivity contribution in [3.63, 3.8) is 0 Å².